The third-order valence-electron chi connectivity index (χ3n) is 10.4. The topological polar surface area (TPSA) is 226 Å². The van der Waals surface area contributed by atoms with E-state index in [4.69, 9.17) is 23.7 Å². The fourth-order valence-corrected chi connectivity index (χ4v) is 7.74. The first kappa shape index (κ1) is 36.8. The molecule has 1 amide bonds. The highest BCUT2D eigenvalue weighted by Crippen LogP contribution is 2.53. The lowest BCUT2D eigenvalue weighted by atomic mass is 9.71. The first-order chi connectivity index (χ1) is 24.3. The number of benzene rings is 2. The number of aromatic hydroxyl groups is 2. The number of phenols is 2. The number of phenolic OH excluding ortho intramolecular Hbond substituents is 2. The van der Waals surface area contributed by atoms with E-state index in [0.717, 1.165) is 0 Å². The van der Waals surface area contributed by atoms with Gasteiger partial charge in [-0.3, -0.25) is 19.3 Å². The van der Waals surface area contributed by atoms with Crippen molar-refractivity contribution in [2.75, 3.05) is 34.0 Å². The van der Waals surface area contributed by atoms with E-state index in [1.165, 1.54) is 39.3 Å². The number of carbonyl (C=O) groups excluding carboxylic acids is 3. The van der Waals surface area contributed by atoms with Gasteiger partial charge >= 0.3 is 0 Å². The van der Waals surface area contributed by atoms with E-state index in [0.29, 0.717) is 13.2 Å². The van der Waals surface area contributed by atoms with Crippen LogP contribution in [-0.4, -0.2) is 124 Å². The van der Waals surface area contributed by atoms with Gasteiger partial charge in [0.05, 0.1) is 54.9 Å². The van der Waals surface area contributed by atoms with Crippen molar-refractivity contribution in [3.63, 3.8) is 0 Å². The van der Waals surface area contributed by atoms with E-state index in [1.807, 2.05) is 18.7 Å². The van der Waals surface area contributed by atoms with Crippen molar-refractivity contribution in [3.05, 3.63) is 51.6 Å². The van der Waals surface area contributed by atoms with Gasteiger partial charge in [0.2, 0.25) is 11.7 Å². The molecule has 6 N–H and O–H groups in total. The molecule has 0 aromatic heterocycles. The molecule has 16 heteroatoms. The van der Waals surface area contributed by atoms with E-state index < -0.39 is 89.7 Å². The minimum Gasteiger partial charge on any atom is -0.507 e. The van der Waals surface area contributed by atoms with Crippen molar-refractivity contribution >= 4 is 23.2 Å². The Balaban J connectivity index is 1.46. The van der Waals surface area contributed by atoms with Crippen LogP contribution in [0.15, 0.2) is 23.3 Å². The molecule has 0 radical (unpaired) electrons. The smallest absolute Gasteiger partial charge is 0.236 e. The molecule has 2 aliphatic carbocycles. The van der Waals surface area contributed by atoms with Crippen LogP contribution in [0.4, 0.5) is 0 Å². The van der Waals surface area contributed by atoms with Crippen molar-refractivity contribution in [1.29, 1.82) is 0 Å². The van der Waals surface area contributed by atoms with Crippen LogP contribution < -0.4 is 10.2 Å². The molecule has 2 saturated heterocycles. The Morgan fingerprint density at radius 2 is 1.84 bits per heavy atom. The van der Waals surface area contributed by atoms with E-state index in [9.17, 15) is 39.9 Å². The number of ketones is 2. The largest absolute Gasteiger partial charge is 0.507 e. The summed E-state index contributed by atoms with van der Waals surface area (Å²) >= 11 is 0. The Hall–Kier alpha value is -4.00. The number of aliphatic hydroxyl groups excluding tert-OH is 2. The summed E-state index contributed by atoms with van der Waals surface area (Å²) in [5.41, 5.74) is -1.39. The molecular formula is C35H43N3O13. The maximum Gasteiger partial charge on any atom is 0.236 e. The second-order valence-corrected chi connectivity index (χ2v) is 13.4. The Labute approximate surface area is 293 Å². The highest BCUT2D eigenvalue weighted by Gasteiger charge is 2.50. The van der Waals surface area contributed by atoms with Gasteiger partial charge in [0, 0.05) is 62.6 Å². The molecule has 276 valence electrons. The van der Waals surface area contributed by atoms with Gasteiger partial charge in [0.25, 0.3) is 0 Å². The van der Waals surface area contributed by atoms with Gasteiger partial charge in [-0.05, 0) is 18.9 Å². The van der Waals surface area contributed by atoms with Crippen LogP contribution >= 0.6 is 0 Å². The second kappa shape index (κ2) is 14.2. The zero-order valence-electron chi connectivity index (χ0n) is 28.9. The summed E-state index contributed by atoms with van der Waals surface area (Å²) in [4.78, 5) is 41.5. The first-order valence-electron chi connectivity index (χ1n) is 16.7. The van der Waals surface area contributed by atoms with Crippen molar-refractivity contribution < 1.29 is 63.6 Å². The molecule has 0 bridgehead atoms. The van der Waals surface area contributed by atoms with Gasteiger partial charge in [-0.25, -0.2) is 5.43 Å². The van der Waals surface area contributed by atoms with Crippen molar-refractivity contribution in [2.24, 2.45) is 11.0 Å². The Bertz CT molecular complexity index is 1760. The van der Waals surface area contributed by atoms with Crippen LogP contribution in [0.25, 0.3) is 0 Å². The van der Waals surface area contributed by atoms with Crippen LogP contribution in [0.1, 0.15) is 82.7 Å². The minimum atomic E-state index is -2.09. The standard InChI is InChI=1S/C35H43N3O13/c1-15-16(2)50-24(11-20(15)38-9-10-49-34(48-5)33(38)45)51-22-13-35(46,23(14-39)37-36-17(3)40)12-19-26(22)32(44)28-27(30(19)42)29(41)18-7-6-8-21(47-4)25(18)31(28)43/h6-8,15-16,20,22,24,33-34,39,42,44-46H,9-14H2,1-5H3,(H,36,40)/b37-23+/t15-,16+,20+,22+,24+,33-,34+,35+/m1/s1. The average Bonchev–Trinajstić information content (AvgIpc) is 3.09. The lowest BCUT2D eigenvalue weighted by Gasteiger charge is -2.49. The number of ether oxygens (including phenoxy) is 5. The van der Waals surface area contributed by atoms with Gasteiger partial charge in [-0.2, -0.15) is 5.10 Å². The van der Waals surface area contributed by atoms with E-state index in [-0.39, 0.29) is 58.5 Å². The summed E-state index contributed by atoms with van der Waals surface area (Å²) in [6.45, 7) is 4.89. The molecule has 51 heavy (non-hydrogen) atoms. The number of nitrogens with one attached hydrogen (secondary N) is 1. The first-order valence-corrected chi connectivity index (χ1v) is 16.7. The molecule has 0 spiro atoms. The Kier molecular flexibility index (Phi) is 10.2. The van der Waals surface area contributed by atoms with E-state index in [2.05, 4.69) is 10.5 Å². The molecule has 2 aromatic carbocycles. The van der Waals surface area contributed by atoms with Crippen LogP contribution in [0, 0.1) is 5.92 Å². The third kappa shape index (κ3) is 6.29. The number of nitrogens with zero attached hydrogens (tertiary/aromatic N) is 2. The van der Waals surface area contributed by atoms with Gasteiger partial charge in [-0.1, -0.05) is 19.1 Å². The van der Waals surface area contributed by atoms with Gasteiger partial charge in [-0.15, -0.1) is 0 Å². The quantitative estimate of drug-likeness (QED) is 0.108. The molecule has 2 aromatic rings. The fraction of sp³-hybridized carbons (Fsp3) is 0.543. The monoisotopic (exact) mass is 713 g/mol. The molecule has 0 saturated carbocycles. The summed E-state index contributed by atoms with van der Waals surface area (Å²) in [5, 5.41) is 61.1. The van der Waals surface area contributed by atoms with Crippen molar-refractivity contribution in [1.82, 2.24) is 10.3 Å². The number of methoxy groups -OCH3 is 2. The normalized spacial score (nSPS) is 31.1. The van der Waals surface area contributed by atoms with Crippen LogP contribution in [-0.2, 0) is 30.2 Å². The number of aliphatic hydroxyl groups is 3. The second-order valence-electron chi connectivity index (χ2n) is 13.4. The minimum absolute atomic E-state index is 0.0468. The van der Waals surface area contributed by atoms with Crippen LogP contribution in [0.3, 0.4) is 0 Å². The summed E-state index contributed by atoms with van der Waals surface area (Å²) in [6.07, 6.45) is -5.37. The number of hydrogen-bond acceptors (Lipinski definition) is 15. The summed E-state index contributed by atoms with van der Waals surface area (Å²) < 4.78 is 29.0. The van der Waals surface area contributed by atoms with Gasteiger partial charge < -0.3 is 49.2 Å². The summed E-state index contributed by atoms with van der Waals surface area (Å²) in [5.74, 6) is -3.39. The van der Waals surface area contributed by atoms with E-state index >= 15 is 0 Å². The highest BCUT2D eigenvalue weighted by molar-refractivity contribution is 6.31. The molecule has 2 aliphatic heterocycles. The molecule has 6 rings (SSSR count). The zero-order chi connectivity index (χ0) is 36.9. The molecule has 2 fully saturated rings. The number of carbonyl (C=O) groups is 3. The Morgan fingerprint density at radius 1 is 1.12 bits per heavy atom. The number of amides is 1. The highest BCUT2D eigenvalue weighted by atomic mass is 16.7. The number of fused-ring (bicyclic) bond motifs is 3. The van der Waals surface area contributed by atoms with Crippen LogP contribution in [0.5, 0.6) is 17.2 Å². The number of hydrazone groups is 1. The zero-order valence-corrected chi connectivity index (χ0v) is 28.9. The lowest BCUT2D eigenvalue weighted by molar-refractivity contribution is -0.288. The maximum absolute atomic E-state index is 14.0. The lowest BCUT2D eigenvalue weighted by Crippen LogP contribution is -2.61. The molecule has 16 nitrogen and oxygen atoms in total. The Morgan fingerprint density at radius 3 is 2.51 bits per heavy atom. The SMILES string of the molecule is COc1cccc2c1C(=O)c1c(O)c3c(c(O)c1C2=O)C[C@@](O)(/C(CO)=N/NC(C)=O)C[C@@H]3O[C@H]1C[C@H](N2CCO[C@H](OC)[C@H]2O)[C@H](C)[C@H](C)O1. The molecule has 2 heterocycles. The van der Waals surface area contributed by atoms with Crippen molar-refractivity contribution in [3.8, 4) is 17.2 Å². The summed E-state index contributed by atoms with van der Waals surface area (Å²) in [6, 6.07) is 4.12. The average molecular weight is 714 g/mol. The molecule has 0 unspecified atom stereocenters. The van der Waals surface area contributed by atoms with Crippen LogP contribution in [0.2, 0.25) is 0 Å². The van der Waals surface area contributed by atoms with Gasteiger partial charge in [0.15, 0.2) is 24.6 Å². The maximum atomic E-state index is 14.0. The van der Waals surface area contributed by atoms with Crippen molar-refractivity contribution in [2.45, 2.75) is 82.7 Å². The van der Waals surface area contributed by atoms with Gasteiger partial charge in [0.1, 0.15) is 22.8 Å². The number of hydrogen-bond donors (Lipinski definition) is 6. The number of rotatable bonds is 8. The molecule has 4 aliphatic rings. The molecular weight excluding hydrogens is 670 g/mol. The summed E-state index contributed by atoms with van der Waals surface area (Å²) in [7, 11) is 2.77. The van der Waals surface area contributed by atoms with E-state index in [1.54, 1.807) is 0 Å². The predicted molar refractivity (Wildman–Crippen MR) is 176 cm³/mol. The number of morpholine rings is 1. The predicted octanol–water partition coefficient (Wildman–Crippen LogP) is 0.864. The third-order valence-corrected chi connectivity index (χ3v) is 10.4. The molecule has 8 atom stereocenters. The fourth-order valence-electron chi connectivity index (χ4n) is 7.74.